The molecule has 0 aliphatic carbocycles. The minimum Gasteiger partial charge on any atom is -0.377 e. The lowest BCUT2D eigenvalue weighted by Crippen LogP contribution is -2.06. The average molecular weight is 271 g/mol. The van der Waals surface area contributed by atoms with E-state index in [1.165, 1.54) is 5.56 Å². The van der Waals surface area contributed by atoms with E-state index >= 15 is 0 Å². The first-order valence-electron chi connectivity index (χ1n) is 4.97. The van der Waals surface area contributed by atoms with Crippen LogP contribution in [0.15, 0.2) is 28.7 Å². The molecular formula is C12H15BrO2. The van der Waals surface area contributed by atoms with Gasteiger partial charge in [0.1, 0.15) is 6.61 Å². The third-order valence-electron chi connectivity index (χ3n) is 2.12. The first kappa shape index (κ1) is 12.4. The van der Waals surface area contributed by atoms with Crippen molar-refractivity contribution >= 4 is 21.7 Å². The molecule has 15 heavy (non-hydrogen) atoms. The highest BCUT2D eigenvalue weighted by Crippen LogP contribution is 2.13. The second-order valence-electron chi connectivity index (χ2n) is 3.46. The van der Waals surface area contributed by atoms with Crippen LogP contribution in [-0.2, 0) is 16.0 Å². The number of halogens is 1. The van der Waals surface area contributed by atoms with E-state index < -0.39 is 0 Å². The molecule has 0 unspecified atom stereocenters. The fourth-order valence-corrected chi connectivity index (χ4v) is 1.86. The fourth-order valence-electron chi connectivity index (χ4n) is 1.42. The summed E-state index contributed by atoms with van der Waals surface area (Å²) in [6.07, 6.45) is 2.42. The maximum Gasteiger partial charge on any atom is 0.158 e. The van der Waals surface area contributed by atoms with Crippen molar-refractivity contribution in [3.05, 3.63) is 34.3 Å². The maximum absolute atomic E-state index is 11.2. The van der Waals surface area contributed by atoms with E-state index in [9.17, 15) is 4.79 Å². The van der Waals surface area contributed by atoms with Crippen LogP contribution in [0.4, 0.5) is 0 Å². The van der Waals surface area contributed by atoms with Gasteiger partial charge < -0.3 is 4.74 Å². The van der Waals surface area contributed by atoms with E-state index in [1.54, 1.807) is 7.11 Å². The molecule has 0 aliphatic rings. The number of hydrogen-bond acceptors (Lipinski definition) is 2. The molecule has 0 aromatic heterocycles. The van der Waals surface area contributed by atoms with Gasteiger partial charge in [-0.1, -0.05) is 28.1 Å². The molecule has 0 fully saturated rings. The number of methoxy groups -OCH3 is 1. The Morgan fingerprint density at radius 3 is 2.93 bits per heavy atom. The van der Waals surface area contributed by atoms with Gasteiger partial charge in [-0.25, -0.2) is 0 Å². The number of ketones is 1. The summed E-state index contributed by atoms with van der Waals surface area (Å²) in [6.45, 7) is 0.235. The summed E-state index contributed by atoms with van der Waals surface area (Å²) in [4.78, 5) is 11.2. The normalized spacial score (nSPS) is 10.3. The second-order valence-corrected chi connectivity index (χ2v) is 4.37. The van der Waals surface area contributed by atoms with Crippen LogP contribution in [0.5, 0.6) is 0 Å². The van der Waals surface area contributed by atoms with Gasteiger partial charge in [-0.3, -0.25) is 4.79 Å². The van der Waals surface area contributed by atoms with E-state index in [2.05, 4.69) is 28.1 Å². The molecule has 0 amide bonds. The van der Waals surface area contributed by atoms with Gasteiger partial charge in [0, 0.05) is 18.0 Å². The van der Waals surface area contributed by atoms with Crippen LogP contribution >= 0.6 is 15.9 Å². The Bertz CT molecular complexity index is 323. The smallest absolute Gasteiger partial charge is 0.158 e. The molecule has 82 valence electrons. The molecule has 0 atom stereocenters. The number of carbonyl (C=O) groups is 1. The zero-order valence-electron chi connectivity index (χ0n) is 8.83. The minimum atomic E-state index is 0.174. The number of hydrogen-bond donors (Lipinski definition) is 0. The SMILES string of the molecule is COCC(=O)CCCc1cccc(Br)c1. The van der Waals surface area contributed by atoms with Gasteiger partial charge in [-0.05, 0) is 30.5 Å². The molecule has 0 radical (unpaired) electrons. The third-order valence-corrected chi connectivity index (χ3v) is 2.61. The lowest BCUT2D eigenvalue weighted by molar-refractivity contribution is -0.122. The highest BCUT2D eigenvalue weighted by atomic mass is 79.9. The first-order chi connectivity index (χ1) is 7.22. The standard InChI is InChI=1S/C12H15BrO2/c1-15-9-12(14)7-3-5-10-4-2-6-11(13)8-10/h2,4,6,8H,3,5,7,9H2,1H3. The largest absolute Gasteiger partial charge is 0.377 e. The highest BCUT2D eigenvalue weighted by molar-refractivity contribution is 9.10. The molecule has 0 N–H and O–H groups in total. The van der Waals surface area contributed by atoms with Gasteiger partial charge >= 0.3 is 0 Å². The molecule has 3 heteroatoms. The van der Waals surface area contributed by atoms with Gasteiger partial charge in [0.2, 0.25) is 0 Å². The number of ether oxygens (including phenoxy) is 1. The number of benzene rings is 1. The Morgan fingerprint density at radius 2 is 2.27 bits per heavy atom. The Morgan fingerprint density at radius 1 is 1.47 bits per heavy atom. The van der Waals surface area contributed by atoms with Crippen LogP contribution in [-0.4, -0.2) is 19.5 Å². The summed E-state index contributed by atoms with van der Waals surface area (Å²) in [5.41, 5.74) is 1.26. The maximum atomic E-state index is 11.2. The molecule has 1 rings (SSSR count). The molecule has 0 saturated carbocycles. The highest BCUT2D eigenvalue weighted by Gasteiger charge is 2.01. The molecular weight excluding hydrogens is 256 g/mol. The van der Waals surface area contributed by atoms with Crippen molar-refractivity contribution in [1.29, 1.82) is 0 Å². The van der Waals surface area contributed by atoms with Gasteiger partial charge in [0.25, 0.3) is 0 Å². The molecule has 0 bridgehead atoms. The van der Waals surface area contributed by atoms with Gasteiger partial charge in [-0.2, -0.15) is 0 Å². The number of Topliss-reactive ketones (excluding diaryl/α,β-unsaturated/α-hetero) is 1. The number of carbonyl (C=O) groups excluding carboxylic acids is 1. The topological polar surface area (TPSA) is 26.3 Å². The van der Waals surface area contributed by atoms with E-state index in [0.717, 1.165) is 17.3 Å². The van der Waals surface area contributed by atoms with Crippen LogP contribution in [0.1, 0.15) is 18.4 Å². The molecule has 0 saturated heterocycles. The van der Waals surface area contributed by atoms with Crippen LogP contribution in [0, 0.1) is 0 Å². The van der Waals surface area contributed by atoms with E-state index in [0.29, 0.717) is 6.42 Å². The van der Waals surface area contributed by atoms with Gasteiger partial charge in [0.15, 0.2) is 5.78 Å². The van der Waals surface area contributed by atoms with Gasteiger partial charge in [-0.15, -0.1) is 0 Å². The van der Waals surface area contributed by atoms with Crippen LogP contribution < -0.4 is 0 Å². The minimum absolute atomic E-state index is 0.174. The lowest BCUT2D eigenvalue weighted by Gasteiger charge is -2.01. The third kappa shape index (κ3) is 5.09. The predicted molar refractivity (Wildman–Crippen MR) is 64.0 cm³/mol. The second kappa shape index (κ2) is 6.75. The van der Waals surface area contributed by atoms with Crippen LogP contribution in [0.25, 0.3) is 0 Å². The molecule has 0 spiro atoms. The number of rotatable bonds is 6. The number of aryl methyl sites for hydroxylation is 1. The van der Waals surface area contributed by atoms with Gasteiger partial charge in [0.05, 0.1) is 0 Å². The molecule has 2 nitrogen and oxygen atoms in total. The van der Waals surface area contributed by atoms with Crippen molar-refractivity contribution in [3.63, 3.8) is 0 Å². The summed E-state index contributed by atoms with van der Waals surface area (Å²) in [5.74, 6) is 0.174. The summed E-state index contributed by atoms with van der Waals surface area (Å²) < 4.78 is 5.85. The van der Waals surface area contributed by atoms with Crippen molar-refractivity contribution < 1.29 is 9.53 Å². The zero-order valence-corrected chi connectivity index (χ0v) is 10.4. The van der Waals surface area contributed by atoms with Crippen molar-refractivity contribution in [3.8, 4) is 0 Å². The van der Waals surface area contributed by atoms with Crippen molar-refractivity contribution in [2.45, 2.75) is 19.3 Å². The fraction of sp³-hybridized carbons (Fsp3) is 0.417. The van der Waals surface area contributed by atoms with Crippen molar-refractivity contribution in [2.75, 3.05) is 13.7 Å². The Hall–Kier alpha value is -0.670. The van der Waals surface area contributed by atoms with Crippen molar-refractivity contribution in [1.82, 2.24) is 0 Å². The van der Waals surface area contributed by atoms with Crippen LogP contribution in [0.3, 0.4) is 0 Å². The Balaban J connectivity index is 2.28. The molecule has 1 aromatic carbocycles. The van der Waals surface area contributed by atoms with Crippen LogP contribution in [0.2, 0.25) is 0 Å². The summed E-state index contributed by atoms with van der Waals surface area (Å²) in [7, 11) is 1.55. The van der Waals surface area contributed by atoms with E-state index in [-0.39, 0.29) is 12.4 Å². The Labute approximate surface area is 98.8 Å². The Kier molecular flexibility index (Phi) is 5.58. The van der Waals surface area contributed by atoms with E-state index in [4.69, 9.17) is 4.74 Å². The zero-order chi connectivity index (χ0) is 11.1. The lowest BCUT2D eigenvalue weighted by atomic mass is 10.1. The molecule has 1 aromatic rings. The van der Waals surface area contributed by atoms with Crippen molar-refractivity contribution in [2.24, 2.45) is 0 Å². The average Bonchev–Trinajstić information content (AvgIpc) is 2.18. The monoisotopic (exact) mass is 270 g/mol. The summed E-state index contributed by atoms with van der Waals surface area (Å²) in [6, 6.07) is 8.17. The predicted octanol–water partition coefficient (Wildman–Crippen LogP) is 2.99. The summed E-state index contributed by atoms with van der Waals surface area (Å²) >= 11 is 3.42. The summed E-state index contributed by atoms with van der Waals surface area (Å²) in [5, 5.41) is 0. The molecule has 0 heterocycles. The van der Waals surface area contributed by atoms with E-state index in [1.807, 2.05) is 12.1 Å². The quantitative estimate of drug-likeness (QED) is 0.795. The molecule has 0 aliphatic heterocycles. The first-order valence-corrected chi connectivity index (χ1v) is 5.77.